The third-order valence-electron chi connectivity index (χ3n) is 12.4. The van der Waals surface area contributed by atoms with Crippen LogP contribution in [0.1, 0.15) is 105 Å². The molecule has 5 heteroatoms. The molecule has 0 spiro atoms. The van der Waals surface area contributed by atoms with E-state index in [0.29, 0.717) is 41.5 Å². The molecule has 0 aromatic carbocycles. The fraction of sp³-hybridized carbons (Fsp3) is 0.968. The van der Waals surface area contributed by atoms with Crippen LogP contribution in [0.5, 0.6) is 0 Å². The van der Waals surface area contributed by atoms with Crippen molar-refractivity contribution < 1.29 is 23.7 Å². The average Bonchev–Trinajstić information content (AvgIpc) is 3.57. The summed E-state index contributed by atoms with van der Waals surface area (Å²) in [5.41, 5.74) is 0.461. The molecule has 4 saturated carbocycles. The molecule has 0 N–H and O–H groups in total. The Balaban J connectivity index is 1.23. The first kappa shape index (κ1) is 25.6. The van der Waals surface area contributed by atoms with E-state index in [1.54, 1.807) is 6.92 Å². The molecule has 0 aromatic rings. The van der Waals surface area contributed by atoms with Crippen LogP contribution in [0.4, 0.5) is 0 Å². The summed E-state index contributed by atoms with van der Waals surface area (Å²) in [6.45, 7) is 12.3. The van der Waals surface area contributed by atoms with Crippen LogP contribution in [-0.4, -0.2) is 43.3 Å². The number of carbonyl (C=O) groups excluding carboxylic acids is 1. The number of ether oxygens (including phenoxy) is 4. The van der Waals surface area contributed by atoms with Crippen molar-refractivity contribution in [3.63, 3.8) is 0 Å². The molecule has 2 aliphatic heterocycles. The van der Waals surface area contributed by atoms with Crippen LogP contribution in [0.15, 0.2) is 0 Å². The van der Waals surface area contributed by atoms with Crippen molar-refractivity contribution in [2.24, 2.45) is 46.3 Å². The zero-order valence-electron chi connectivity index (χ0n) is 23.4. The molecule has 4 aliphatic carbocycles. The van der Waals surface area contributed by atoms with Crippen molar-refractivity contribution in [2.75, 3.05) is 6.61 Å². The topological polar surface area (TPSA) is 57.3 Å². The molecule has 0 bridgehead atoms. The lowest BCUT2D eigenvalue weighted by atomic mass is 9.42. The zero-order chi connectivity index (χ0) is 25.2. The Hall–Kier alpha value is -0.650. The van der Waals surface area contributed by atoms with Crippen molar-refractivity contribution in [3.8, 4) is 0 Å². The standard InChI is InChI=1S/C31H50O5/c1-6-25-29(36-25)23-17-26(34-19(3)32)30(4)13-12-24-22(28(23)30)11-10-20-16-21(15-18(2)31(20,24)5)35-27-9-7-8-14-33-27/h18,20-29H,6-17H2,1-5H3/t18-,20-,21+,22+,23-,24-,25?,26-,27?,28+,29?,30+,31-/m0/s1. The Morgan fingerprint density at radius 3 is 2.56 bits per heavy atom. The molecule has 0 radical (unpaired) electrons. The van der Waals surface area contributed by atoms with Crippen LogP contribution in [0.3, 0.4) is 0 Å². The van der Waals surface area contributed by atoms with Gasteiger partial charge in [0.1, 0.15) is 6.10 Å². The van der Waals surface area contributed by atoms with Gasteiger partial charge in [-0.05, 0) is 112 Å². The van der Waals surface area contributed by atoms with E-state index in [9.17, 15) is 4.79 Å². The van der Waals surface area contributed by atoms with E-state index in [-0.39, 0.29) is 23.8 Å². The molecule has 6 rings (SSSR count). The number of hydrogen-bond acceptors (Lipinski definition) is 5. The van der Waals surface area contributed by atoms with Gasteiger partial charge >= 0.3 is 5.97 Å². The molecule has 0 aromatic heterocycles. The molecule has 2 saturated heterocycles. The molecule has 3 unspecified atom stereocenters. The van der Waals surface area contributed by atoms with E-state index in [4.69, 9.17) is 18.9 Å². The van der Waals surface area contributed by atoms with Gasteiger partial charge in [-0.25, -0.2) is 0 Å². The molecular weight excluding hydrogens is 452 g/mol. The van der Waals surface area contributed by atoms with Gasteiger partial charge in [-0.15, -0.1) is 0 Å². The van der Waals surface area contributed by atoms with Gasteiger partial charge in [-0.1, -0.05) is 27.7 Å². The molecule has 0 amide bonds. The molecule has 5 nitrogen and oxygen atoms in total. The lowest BCUT2D eigenvalue weighted by molar-refractivity contribution is -0.223. The zero-order valence-corrected chi connectivity index (χ0v) is 23.4. The van der Waals surface area contributed by atoms with Gasteiger partial charge in [0.15, 0.2) is 6.29 Å². The van der Waals surface area contributed by atoms with Gasteiger partial charge < -0.3 is 18.9 Å². The summed E-state index contributed by atoms with van der Waals surface area (Å²) in [6, 6.07) is 0. The molecule has 6 fully saturated rings. The Kier molecular flexibility index (Phi) is 6.77. The Morgan fingerprint density at radius 2 is 1.86 bits per heavy atom. The van der Waals surface area contributed by atoms with Crippen LogP contribution in [-0.2, 0) is 23.7 Å². The van der Waals surface area contributed by atoms with Gasteiger partial charge in [0, 0.05) is 18.9 Å². The highest BCUT2D eigenvalue weighted by Crippen LogP contribution is 2.70. The fourth-order valence-corrected chi connectivity index (χ4v) is 10.5. The fourth-order valence-electron chi connectivity index (χ4n) is 10.5. The number of esters is 1. The molecule has 36 heavy (non-hydrogen) atoms. The minimum absolute atomic E-state index is 0.0227. The Morgan fingerprint density at radius 1 is 1.03 bits per heavy atom. The minimum atomic E-state index is -0.115. The highest BCUT2D eigenvalue weighted by Gasteiger charge is 2.67. The van der Waals surface area contributed by atoms with Crippen LogP contribution in [0.2, 0.25) is 0 Å². The van der Waals surface area contributed by atoms with E-state index in [1.807, 2.05) is 0 Å². The van der Waals surface area contributed by atoms with Crippen LogP contribution >= 0.6 is 0 Å². The third kappa shape index (κ3) is 4.09. The molecule has 2 heterocycles. The Labute approximate surface area is 218 Å². The van der Waals surface area contributed by atoms with Crippen LogP contribution in [0.25, 0.3) is 0 Å². The first-order chi connectivity index (χ1) is 17.3. The highest BCUT2D eigenvalue weighted by molar-refractivity contribution is 5.66. The predicted octanol–water partition coefficient (Wildman–Crippen LogP) is 6.52. The SMILES string of the molecule is CCC1OC1[C@H]1C[C@H](OC(C)=O)[C@@]2(C)CC[C@H]3[C@@H](CC[C@H]4C[C@H](OC5CCCCO5)C[C@H](C)[C@@]43C)[C@H]12. The van der Waals surface area contributed by atoms with Crippen molar-refractivity contribution in [2.45, 2.75) is 136 Å². The molecular formula is C31H50O5. The number of carbonyl (C=O) groups is 1. The van der Waals surface area contributed by atoms with Gasteiger partial charge in [0.25, 0.3) is 0 Å². The molecule has 13 atom stereocenters. The van der Waals surface area contributed by atoms with Crippen LogP contribution in [0, 0.1) is 46.3 Å². The van der Waals surface area contributed by atoms with E-state index < -0.39 is 0 Å². The first-order valence-corrected chi connectivity index (χ1v) is 15.3. The second-order valence-corrected chi connectivity index (χ2v) is 14.0. The van der Waals surface area contributed by atoms with Crippen molar-refractivity contribution in [3.05, 3.63) is 0 Å². The second-order valence-electron chi connectivity index (χ2n) is 14.0. The lowest BCUT2D eigenvalue weighted by Gasteiger charge is -2.63. The summed E-state index contributed by atoms with van der Waals surface area (Å²) in [5, 5.41) is 0. The minimum Gasteiger partial charge on any atom is -0.462 e. The largest absolute Gasteiger partial charge is 0.462 e. The number of rotatable bonds is 5. The maximum absolute atomic E-state index is 12.1. The summed E-state index contributed by atoms with van der Waals surface area (Å²) in [4.78, 5) is 12.1. The first-order valence-electron chi connectivity index (χ1n) is 15.3. The Bertz CT molecular complexity index is 824. The van der Waals surface area contributed by atoms with Crippen molar-refractivity contribution >= 4 is 5.97 Å². The van der Waals surface area contributed by atoms with Gasteiger partial charge in [0.2, 0.25) is 0 Å². The van der Waals surface area contributed by atoms with E-state index in [0.717, 1.165) is 43.6 Å². The second kappa shape index (κ2) is 9.52. The number of epoxide rings is 1. The smallest absolute Gasteiger partial charge is 0.302 e. The highest BCUT2D eigenvalue weighted by atomic mass is 16.7. The molecule has 6 aliphatic rings. The predicted molar refractivity (Wildman–Crippen MR) is 138 cm³/mol. The van der Waals surface area contributed by atoms with Crippen molar-refractivity contribution in [1.82, 2.24) is 0 Å². The van der Waals surface area contributed by atoms with Gasteiger partial charge in [0.05, 0.1) is 18.3 Å². The maximum Gasteiger partial charge on any atom is 0.302 e. The van der Waals surface area contributed by atoms with E-state index in [1.165, 1.54) is 51.4 Å². The van der Waals surface area contributed by atoms with E-state index in [2.05, 4.69) is 27.7 Å². The van der Waals surface area contributed by atoms with Gasteiger partial charge in [-0.2, -0.15) is 0 Å². The van der Waals surface area contributed by atoms with Gasteiger partial charge in [-0.3, -0.25) is 4.79 Å². The number of hydrogen-bond donors (Lipinski definition) is 0. The average molecular weight is 503 g/mol. The lowest BCUT2D eigenvalue weighted by Crippen LogP contribution is -2.58. The maximum atomic E-state index is 12.1. The molecule has 204 valence electrons. The summed E-state index contributed by atoms with van der Waals surface area (Å²) in [5.74, 6) is 3.91. The van der Waals surface area contributed by atoms with E-state index >= 15 is 0 Å². The number of fused-ring (bicyclic) bond motifs is 5. The summed E-state index contributed by atoms with van der Waals surface area (Å²) in [7, 11) is 0. The summed E-state index contributed by atoms with van der Waals surface area (Å²) in [6.07, 6.45) is 14.2. The quantitative estimate of drug-likeness (QED) is 0.243. The summed E-state index contributed by atoms with van der Waals surface area (Å²) >= 11 is 0. The van der Waals surface area contributed by atoms with Crippen LogP contribution < -0.4 is 0 Å². The monoisotopic (exact) mass is 502 g/mol. The summed E-state index contributed by atoms with van der Waals surface area (Å²) < 4.78 is 24.8. The van der Waals surface area contributed by atoms with Crippen molar-refractivity contribution in [1.29, 1.82) is 0 Å². The normalized spacial score (nSPS) is 54.2. The third-order valence-corrected chi connectivity index (χ3v) is 12.4.